The van der Waals surface area contributed by atoms with Gasteiger partial charge in [-0.3, -0.25) is 4.57 Å². The van der Waals surface area contributed by atoms with Crippen molar-refractivity contribution in [3.05, 3.63) is 34.2 Å². The molecule has 0 aliphatic heterocycles. The van der Waals surface area contributed by atoms with E-state index < -0.39 is 5.97 Å². The quantitative estimate of drug-likeness (QED) is 0.870. The Labute approximate surface area is 109 Å². The molecular weight excluding hydrogens is 244 g/mol. The minimum absolute atomic E-state index is 0.151. The number of nitrogens with one attached hydrogen (secondary N) is 1. The molecule has 100 valence electrons. The first kappa shape index (κ1) is 12.0. The topological polar surface area (TPSA) is 75.1 Å². The molecule has 0 spiro atoms. The number of H-pyrrole nitrogens is 1. The van der Waals surface area contributed by atoms with E-state index in [9.17, 15) is 9.59 Å². The highest BCUT2D eigenvalue weighted by Crippen LogP contribution is 2.36. The summed E-state index contributed by atoms with van der Waals surface area (Å²) in [5.74, 6) is -0.984. The fourth-order valence-electron chi connectivity index (χ4n) is 3.14. The Morgan fingerprint density at radius 2 is 2.05 bits per heavy atom. The predicted molar refractivity (Wildman–Crippen MR) is 71.6 cm³/mol. The summed E-state index contributed by atoms with van der Waals surface area (Å²) in [6.07, 6.45) is 4.23. The van der Waals surface area contributed by atoms with Gasteiger partial charge in [-0.25, -0.2) is 9.59 Å². The van der Waals surface area contributed by atoms with Gasteiger partial charge in [-0.15, -0.1) is 0 Å². The van der Waals surface area contributed by atoms with Crippen molar-refractivity contribution in [3.8, 4) is 0 Å². The molecule has 0 amide bonds. The van der Waals surface area contributed by atoms with E-state index in [0.29, 0.717) is 5.52 Å². The number of carboxylic acids is 1. The average molecular weight is 260 g/mol. The first-order chi connectivity index (χ1) is 9.01. The van der Waals surface area contributed by atoms with Gasteiger partial charge in [0.1, 0.15) is 0 Å². The number of aromatic amines is 1. The van der Waals surface area contributed by atoms with Gasteiger partial charge >= 0.3 is 11.7 Å². The minimum Gasteiger partial charge on any atom is -0.478 e. The fraction of sp³-hybridized carbons (Fsp3) is 0.429. The lowest BCUT2D eigenvalue weighted by Crippen LogP contribution is -2.34. The molecule has 1 aliphatic carbocycles. The van der Waals surface area contributed by atoms with Crippen LogP contribution in [0.2, 0.25) is 0 Å². The molecule has 1 saturated carbocycles. The summed E-state index contributed by atoms with van der Waals surface area (Å²) in [7, 11) is 0. The van der Waals surface area contributed by atoms with Crippen LogP contribution in [0.25, 0.3) is 11.0 Å². The lowest BCUT2D eigenvalue weighted by molar-refractivity contribution is 0.0697. The number of carbonyl (C=O) groups is 1. The van der Waals surface area contributed by atoms with Gasteiger partial charge in [0.25, 0.3) is 0 Å². The van der Waals surface area contributed by atoms with Crippen molar-refractivity contribution in [3.63, 3.8) is 0 Å². The third-order valence-corrected chi connectivity index (χ3v) is 4.15. The molecule has 5 nitrogen and oxygen atoms in total. The molecule has 0 unspecified atom stereocenters. The van der Waals surface area contributed by atoms with Crippen molar-refractivity contribution in [2.24, 2.45) is 0 Å². The Morgan fingerprint density at radius 3 is 2.68 bits per heavy atom. The van der Waals surface area contributed by atoms with E-state index >= 15 is 0 Å². The van der Waals surface area contributed by atoms with Gasteiger partial charge in [0.2, 0.25) is 0 Å². The van der Waals surface area contributed by atoms with Crippen LogP contribution in [-0.2, 0) is 5.54 Å². The molecule has 0 saturated heterocycles. The Bertz CT molecular complexity index is 705. The molecule has 3 rings (SSSR count). The van der Waals surface area contributed by atoms with Crippen molar-refractivity contribution >= 4 is 17.0 Å². The minimum atomic E-state index is -0.984. The Morgan fingerprint density at radius 1 is 1.37 bits per heavy atom. The van der Waals surface area contributed by atoms with Crippen molar-refractivity contribution in [2.75, 3.05) is 0 Å². The number of benzene rings is 1. The van der Waals surface area contributed by atoms with Crippen LogP contribution in [0, 0.1) is 0 Å². The summed E-state index contributed by atoms with van der Waals surface area (Å²) >= 11 is 0. The zero-order valence-corrected chi connectivity index (χ0v) is 10.8. The van der Waals surface area contributed by atoms with Crippen LogP contribution in [0.3, 0.4) is 0 Å². The maximum Gasteiger partial charge on any atom is 0.335 e. The van der Waals surface area contributed by atoms with Gasteiger partial charge in [0.15, 0.2) is 0 Å². The Hall–Kier alpha value is -2.04. The van der Waals surface area contributed by atoms with Crippen molar-refractivity contribution < 1.29 is 9.90 Å². The molecule has 2 aromatic rings. The van der Waals surface area contributed by atoms with Crippen LogP contribution in [-0.4, -0.2) is 20.6 Å². The second-order valence-corrected chi connectivity index (χ2v) is 5.51. The third kappa shape index (κ3) is 1.77. The summed E-state index contributed by atoms with van der Waals surface area (Å²) in [5.41, 5.74) is 1.27. The summed E-state index contributed by atoms with van der Waals surface area (Å²) in [4.78, 5) is 25.9. The van der Waals surface area contributed by atoms with Crippen LogP contribution < -0.4 is 5.69 Å². The maximum atomic E-state index is 12.2. The first-order valence-corrected chi connectivity index (χ1v) is 6.50. The number of hydrogen-bond acceptors (Lipinski definition) is 2. The van der Waals surface area contributed by atoms with E-state index in [2.05, 4.69) is 11.9 Å². The van der Waals surface area contributed by atoms with Crippen LogP contribution in [0.5, 0.6) is 0 Å². The molecule has 1 aromatic carbocycles. The predicted octanol–water partition coefficient (Wildman–Crippen LogP) is 2.32. The second-order valence-electron chi connectivity index (χ2n) is 5.51. The maximum absolute atomic E-state index is 12.2. The van der Waals surface area contributed by atoms with Gasteiger partial charge in [-0.05, 0) is 38.0 Å². The molecule has 0 atom stereocenters. The zero-order chi connectivity index (χ0) is 13.6. The SMILES string of the molecule is CC1(n2c(=O)[nH]c3cc(C(=O)O)ccc32)CCCC1. The zero-order valence-electron chi connectivity index (χ0n) is 10.8. The van der Waals surface area contributed by atoms with E-state index in [1.807, 2.05) is 0 Å². The lowest BCUT2D eigenvalue weighted by Gasteiger charge is -2.25. The smallest absolute Gasteiger partial charge is 0.335 e. The first-order valence-electron chi connectivity index (χ1n) is 6.50. The number of nitrogens with zero attached hydrogens (tertiary/aromatic N) is 1. The number of aromatic carboxylic acids is 1. The molecule has 2 N–H and O–H groups in total. The van der Waals surface area contributed by atoms with Gasteiger partial charge in [-0.2, -0.15) is 0 Å². The number of fused-ring (bicyclic) bond motifs is 1. The van der Waals surface area contributed by atoms with E-state index in [-0.39, 0.29) is 16.8 Å². The van der Waals surface area contributed by atoms with Gasteiger partial charge in [-0.1, -0.05) is 12.8 Å². The number of rotatable bonds is 2. The van der Waals surface area contributed by atoms with Gasteiger partial charge < -0.3 is 10.1 Å². The van der Waals surface area contributed by atoms with E-state index in [1.165, 1.54) is 6.07 Å². The molecule has 5 heteroatoms. The lowest BCUT2D eigenvalue weighted by atomic mass is 10.00. The van der Waals surface area contributed by atoms with E-state index in [0.717, 1.165) is 31.2 Å². The molecule has 1 aliphatic rings. The number of aromatic nitrogens is 2. The van der Waals surface area contributed by atoms with Crippen molar-refractivity contribution in [2.45, 2.75) is 38.1 Å². The van der Waals surface area contributed by atoms with Crippen LogP contribution in [0.1, 0.15) is 43.0 Å². The molecule has 0 bridgehead atoms. The molecular formula is C14H16N2O3. The van der Waals surface area contributed by atoms with E-state index in [4.69, 9.17) is 5.11 Å². The summed E-state index contributed by atoms with van der Waals surface area (Å²) < 4.78 is 1.79. The van der Waals surface area contributed by atoms with Crippen molar-refractivity contribution in [1.82, 2.24) is 9.55 Å². The van der Waals surface area contributed by atoms with Crippen LogP contribution in [0.15, 0.2) is 23.0 Å². The van der Waals surface area contributed by atoms with Crippen LogP contribution in [0.4, 0.5) is 0 Å². The van der Waals surface area contributed by atoms with Crippen molar-refractivity contribution in [1.29, 1.82) is 0 Å². The average Bonchev–Trinajstić information content (AvgIpc) is 2.91. The van der Waals surface area contributed by atoms with E-state index in [1.54, 1.807) is 16.7 Å². The highest BCUT2D eigenvalue weighted by atomic mass is 16.4. The molecule has 0 radical (unpaired) electrons. The van der Waals surface area contributed by atoms with Gasteiger partial charge in [0, 0.05) is 5.54 Å². The number of carboxylic acid groups (broad SMARTS) is 1. The summed E-state index contributed by atoms with van der Waals surface area (Å²) in [5, 5.41) is 8.98. The second kappa shape index (κ2) is 3.98. The highest BCUT2D eigenvalue weighted by molar-refractivity contribution is 5.92. The fourth-order valence-corrected chi connectivity index (χ4v) is 3.14. The Balaban J connectivity index is 2.23. The molecule has 1 aromatic heterocycles. The Kier molecular flexibility index (Phi) is 2.52. The largest absolute Gasteiger partial charge is 0.478 e. The molecule has 1 fully saturated rings. The standard InChI is InChI=1S/C14H16N2O3/c1-14(6-2-3-7-14)16-11-5-4-9(12(17)18)8-10(11)15-13(16)19/h4-5,8H,2-3,6-7H2,1H3,(H,15,19)(H,17,18). The molecule has 1 heterocycles. The number of hydrogen-bond donors (Lipinski definition) is 2. The summed E-state index contributed by atoms with van der Waals surface area (Å²) in [6.45, 7) is 2.10. The molecule has 19 heavy (non-hydrogen) atoms. The monoisotopic (exact) mass is 260 g/mol. The summed E-state index contributed by atoms with van der Waals surface area (Å²) in [6, 6.07) is 4.79. The van der Waals surface area contributed by atoms with Gasteiger partial charge in [0.05, 0.1) is 16.6 Å². The number of imidazole rings is 1. The highest BCUT2D eigenvalue weighted by Gasteiger charge is 2.33. The van der Waals surface area contributed by atoms with Crippen LogP contribution >= 0.6 is 0 Å². The third-order valence-electron chi connectivity index (χ3n) is 4.15. The normalized spacial score (nSPS) is 17.9.